The molecule has 2 fully saturated rings. The van der Waals surface area contributed by atoms with E-state index in [1.54, 1.807) is 4.90 Å². The first-order valence-electron chi connectivity index (χ1n) is 8.39. The standard InChI is InChI=1S/C16H31N3O3/c1-12-8-19(9-13(2)22-12)16(3,4)11-17-15(21)18-7-5-6-14(20)10-18/h12-14,20H,5-11H2,1-4H3,(H,17,21). The van der Waals surface area contributed by atoms with Crippen LogP contribution in [0.1, 0.15) is 40.5 Å². The summed E-state index contributed by atoms with van der Waals surface area (Å²) in [7, 11) is 0. The molecule has 0 aromatic carbocycles. The molecule has 3 atom stereocenters. The smallest absolute Gasteiger partial charge is 0.317 e. The maximum atomic E-state index is 12.3. The van der Waals surface area contributed by atoms with Crippen molar-refractivity contribution in [2.24, 2.45) is 0 Å². The van der Waals surface area contributed by atoms with E-state index in [4.69, 9.17) is 4.74 Å². The van der Waals surface area contributed by atoms with Crippen LogP contribution in [-0.4, -0.2) is 77.5 Å². The molecule has 0 aliphatic carbocycles. The Labute approximate surface area is 133 Å². The van der Waals surface area contributed by atoms with Gasteiger partial charge in [-0.2, -0.15) is 0 Å². The van der Waals surface area contributed by atoms with Gasteiger partial charge >= 0.3 is 6.03 Å². The van der Waals surface area contributed by atoms with Crippen molar-refractivity contribution in [2.75, 3.05) is 32.7 Å². The zero-order valence-electron chi connectivity index (χ0n) is 14.3. The second-order valence-electron chi connectivity index (χ2n) is 7.38. The lowest BCUT2D eigenvalue weighted by Crippen LogP contribution is -2.59. The van der Waals surface area contributed by atoms with Crippen LogP contribution in [0.25, 0.3) is 0 Å². The quantitative estimate of drug-likeness (QED) is 0.817. The summed E-state index contributed by atoms with van der Waals surface area (Å²) >= 11 is 0. The molecule has 2 amide bonds. The lowest BCUT2D eigenvalue weighted by atomic mass is 10.00. The van der Waals surface area contributed by atoms with E-state index < -0.39 is 0 Å². The molecule has 2 saturated heterocycles. The highest BCUT2D eigenvalue weighted by Crippen LogP contribution is 2.21. The topological polar surface area (TPSA) is 65.0 Å². The van der Waals surface area contributed by atoms with Crippen LogP contribution >= 0.6 is 0 Å². The van der Waals surface area contributed by atoms with E-state index in [2.05, 4.69) is 37.9 Å². The Morgan fingerprint density at radius 2 is 1.91 bits per heavy atom. The number of ether oxygens (including phenoxy) is 1. The number of carbonyl (C=O) groups excluding carboxylic acids is 1. The summed E-state index contributed by atoms with van der Waals surface area (Å²) in [5.41, 5.74) is -0.115. The number of piperidine rings is 1. The summed E-state index contributed by atoms with van der Waals surface area (Å²) in [6.45, 7) is 12.0. The number of amides is 2. The van der Waals surface area contributed by atoms with E-state index in [0.717, 1.165) is 32.5 Å². The Hall–Kier alpha value is -0.850. The highest BCUT2D eigenvalue weighted by Gasteiger charge is 2.34. The lowest BCUT2D eigenvalue weighted by Gasteiger charge is -2.45. The van der Waals surface area contributed by atoms with E-state index in [1.165, 1.54) is 0 Å². The van der Waals surface area contributed by atoms with E-state index in [0.29, 0.717) is 13.1 Å². The van der Waals surface area contributed by atoms with E-state index in [1.807, 2.05) is 0 Å². The molecule has 2 rings (SSSR count). The lowest BCUT2D eigenvalue weighted by molar-refractivity contribution is -0.0949. The van der Waals surface area contributed by atoms with Crippen molar-refractivity contribution in [1.82, 2.24) is 15.1 Å². The normalized spacial score (nSPS) is 31.1. The van der Waals surface area contributed by atoms with Crippen LogP contribution in [0.4, 0.5) is 4.79 Å². The minimum atomic E-state index is -0.381. The maximum absolute atomic E-state index is 12.3. The number of β-amino-alcohol motifs (C(OH)–C–C–N with tert-alkyl or cyclic N) is 1. The molecule has 0 aromatic heterocycles. The average Bonchev–Trinajstić information content (AvgIpc) is 2.44. The van der Waals surface area contributed by atoms with E-state index in [-0.39, 0.29) is 29.9 Å². The van der Waals surface area contributed by atoms with E-state index >= 15 is 0 Å². The SMILES string of the molecule is CC1CN(C(C)(C)CNC(=O)N2CCCC(O)C2)CC(C)O1. The molecule has 3 unspecified atom stereocenters. The first kappa shape index (κ1) is 17.5. The monoisotopic (exact) mass is 313 g/mol. The number of nitrogens with one attached hydrogen (secondary N) is 1. The summed E-state index contributed by atoms with van der Waals surface area (Å²) in [6.07, 6.45) is 1.72. The maximum Gasteiger partial charge on any atom is 0.317 e. The van der Waals surface area contributed by atoms with Crippen molar-refractivity contribution in [1.29, 1.82) is 0 Å². The first-order valence-corrected chi connectivity index (χ1v) is 8.39. The van der Waals surface area contributed by atoms with E-state index in [9.17, 15) is 9.90 Å². The third kappa shape index (κ3) is 4.57. The summed E-state index contributed by atoms with van der Waals surface area (Å²) in [6, 6.07) is -0.0684. The zero-order valence-corrected chi connectivity index (χ0v) is 14.3. The van der Waals surface area contributed by atoms with Gasteiger partial charge in [-0.15, -0.1) is 0 Å². The Kier molecular flexibility index (Phi) is 5.69. The van der Waals surface area contributed by atoms with Gasteiger partial charge in [0.2, 0.25) is 0 Å². The first-order chi connectivity index (χ1) is 10.3. The fourth-order valence-electron chi connectivity index (χ4n) is 3.33. The number of rotatable bonds is 3. The molecule has 0 bridgehead atoms. The Morgan fingerprint density at radius 1 is 1.27 bits per heavy atom. The molecule has 2 heterocycles. The number of nitrogens with zero attached hydrogens (tertiary/aromatic N) is 2. The highest BCUT2D eigenvalue weighted by atomic mass is 16.5. The Bertz CT molecular complexity index is 379. The van der Waals surface area contributed by atoms with Crippen molar-refractivity contribution in [2.45, 2.75) is 64.4 Å². The Morgan fingerprint density at radius 3 is 2.50 bits per heavy atom. The van der Waals surface area contributed by atoms with Crippen LogP contribution in [0.5, 0.6) is 0 Å². The molecule has 2 N–H and O–H groups in total. The molecular formula is C16H31N3O3. The number of urea groups is 1. The molecule has 0 radical (unpaired) electrons. The number of morpholine rings is 1. The second kappa shape index (κ2) is 7.15. The minimum absolute atomic E-state index is 0.0684. The molecule has 0 saturated carbocycles. The van der Waals surface area contributed by atoms with Crippen LogP contribution in [-0.2, 0) is 4.74 Å². The van der Waals surface area contributed by atoms with Gasteiger partial charge in [0.05, 0.1) is 18.3 Å². The number of carbonyl (C=O) groups is 1. The summed E-state index contributed by atoms with van der Waals surface area (Å²) in [4.78, 5) is 16.4. The fraction of sp³-hybridized carbons (Fsp3) is 0.938. The van der Waals surface area contributed by atoms with Gasteiger partial charge in [0, 0.05) is 38.3 Å². The zero-order chi connectivity index (χ0) is 16.3. The average molecular weight is 313 g/mol. The number of aliphatic hydroxyl groups is 1. The van der Waals surface area contributed by atoms with Crippen LogP contribution in [0.3, 0.4) is 0 Å². The molecule has 0 spiro atoms. The van der Waals surface area contributed by atoms with Crippen LogP contribution < -0.4 is 5.32 Å². The van der Waals surface area contributed by atoms with Crippen molar-refractivity contribution in [3.05, 3.63) is 0 Å². The largest absolute Gasteiger partial charge is 0.391 e. The summed E-state index contributed by atoms with van der Waals surface area (Å²) in [5.74, 6) is 0. The number of hydrogen-bond acceptors (Lipinski definition) is 4. The predicted octanol–water partition coefficient (Wildman–Crippen LogP) is 1.04. The third-order valence-corrected chi connectivity index (χ3v) is 4.63. The fourth-order valence-corrected chi connectivity index (χ4v) is 3.33. The summed E-state index contributed by atoms with van der Waals surface area (Å²) < 4.78 is 5.78. The van der Waals surface area contributed by atoms with Crippen molar-refractivity contribution in [3.8, 4) is 0 Å². The second-order valence-corrected chi connectivity index (χ2v) is 7.38. The summed E-state index contributed by atoms with van der Waals surface area (Å²) in [5, 5.41) is 12.7. The molecular weight excluding hydrogens is 282 g/mol. The van der Waals surface area contributed by atoms with Crippen molar-refractivity contribution in [3.63, 3.8) is 0 Å². The minimum Gasteiger partial charge on any atom is -0.391 e. The van der Waals surface area contributed by atoms with Gasteiger partial charge < -0.3 is 20.1 Å². The number of aliphatic hydroxyl groups excluding tert-OH is 1. The molecule has 22 heavy (non-hydrogen) atoms. The molecule has 6 heteroatoms. The molecule has 0 aromatic rings. The highest BCUT2D eigenvalue weighted by molar-refractivity contribution is 5.74. The number of likely N-dealkylation sites (tertiary alicyclic amines) is 1. The van der Waals surface area contributed by atoms with Crippen LogP contribution in [0, 0.1) is 0 Å². The van der Waals surface area contributed by atoms with Crippen LogP contribution in [0.15, 0.2) is 0 Å². The molecule has 128 valence electrons. The van der Waals surface area contributed by atoms with Gasteiger partial charge in [-0.05, 0) is 40.5 Å². The molecule has 2 aliphatic rings. The van der Waals surface area contributed by atoms with Gasteiger partial charge in [-0.3, -0.25) is 4.90 Å². The predicted molar refractivity (Wildman–Crippen MR) is 85.9 cm³/mol. The number of hydrogen-bond donors (Lipinski definition) is 2. The van der Waals surface area contributed by atoms with Gasteiger partial charge in [-0.25, -0.2) is 4.79 Å². The van der Waals surface area contributed by atoms with Gasteiger partial charge in [0.15, 0.2) is 0 Å². The van der Waals surface area contributed by atoms with Gasteiger partial charge in [-0.1, -0.05) is 0 Å². The Balaban J connectivity index is 1.84. The van der Waals surface area contributed by atoms with Crippen LogP contribution in [0.2, 0.25) is 0 Å². The van der Waals surface area contributed by atoms with Crippen molar-refractivity contribution >= 4 is 6.03 Å². The molecule has 6 nitrogen and oxygen atoms in total. The van der Waals surface area contributed by atoms with Crippen molar-refractivity contribution < 1.29 is 14.6 Å². The molecule has 2 aliphatic heterocycles. The van der Waals surface area contributed by atoms with Gasteiger partial charge in [0.1, 0.15) is 0 Å². The van der Waals surface area contributed by atoms with Gasteiger partial charge in [0.25, 0.3) is 0 Å². The third-order valence-electron chi connectivity index (χ3n) is 4.63.